The van der Waals surface area contributed by atoms with Crippen LogP contribution in [0.4, 0.5) is 5.69 Å². The highest BCUT2D eigenvalue weighted by atomic mass is 79.9. The standard InChI is InChI=1S/C13H17BrN2O3/c1-8-4-5-10(9(14)6-8)16-11(17)7-15-13(2,3)12(18)19/h4-6,15H,7H2,1-3H3,(H,16,17)(H,18,19). The average molecular weight is 329 g/mol. The molecule has 0 aliphatic carbocycles. The molecule has 0 unspecified atom stereocenters. The third-order valence-electron chi connectivity index (χ3n) is 2.62. The SMILES string of the molecule is Cc1ccc(NC(=O)CNC(C)(C)C(=O)O)c(Br)c1. The van der Waals surface area contributed by atoms with E-state index in [4.69, 9.17) is 5.11 Å². The van der Waals surface area contributed by atoms with Gasteiger partial charge < -0.3 is 10.4 Å². The number of hydrogen-bond donors (Lipinski definition) is 3. The fourth-order valence-corrected chi connectivity index (χ4v) is 1.89. The van der Waals surface area contributed by atoms with E-state index in [9.17, 15) is 9.59 Å². The lowest BCUT2D eigenvalue weighted by molar-refractivity contribution is -0.143. The van der Waals surface area contributed by atoms with Gasteiger partial charge in [-0.2, -0.15) is 0 Å². The Morgan fingerprint density at radius 2 is 2.00 bits per heavy atom. The minimum Gasteiger partial charge on any atom is -0.480 e. The number of carboxylic acids is 1. The molecule has 5 nitrogen and oxygen atoms in total. The molecule has 0 saturated carbocycles. The van der Waals surface area contributed by atoms with Crippen LogP contribution in [0, 0.1) is 6.92 Å². The van der Waals surface area contributed by atoms with E-state index < -0.39 is 11.5 Å². The molecule has 6 heteroatoms. The van der Waals surface area contributed by atoms with Crippen LogP contribution in [-0.2, 0) is 9.59 Å². The number of aryl methyl sites for hydroxylation is 1. The van der Waals surface area contributed by atoms with Gasteiger partial charge in [0, 0.05) is 4.47 Å². The van der Waals surface area contributed by atoms with Crippen LogP contribution < -0.4 is 10.6 Å². The second-order valence-corrected chi connectivity index (χ2v) is 5.67. The number of carboxylic acid groups (broad SMARTS) is 1. The van der Waals surface area contributed by atoms with Crippen LogP contribution >= 0.6 is 15.9 Å². The Balaban J connectivity index is 2.59. The van der Waals surface area contributed by atoms with Gasteiger partial charge in [0.1, 0.15) is 5.54 Å². The number of amides is 1. The molecule has 0 spiro atoms. The maximum absolute atomic E-state index is 11.7. The fourth-order valence-electron chi connectivity index (χ4n) is 1.29. The summed E-state index contributed by atoms with van der Waals surface area (Å²) in [4.78, 5) is 22.6. The predicted octanol–water partition coefficient (Wildman–Crippen LogP) is 2.15. The highest BCUT2D eigenvalue weighted by molar-refractivity contribution is 9.10. The topological polar surface area (TPSA) is 78.4 Å². The molecular weight excluding hydrogens is 312 g/mol. The molecule has 1 amide bonds. The third kappa shape index (κ3) is 4.65. The van der Waals surface area contributed by atoms with Gasteiger partial charge in [-0.15, -0.1) is 0 Å². The summed E-state index contributed by atoms with van der Waals surface area (Å²) in [5, 5.41) is 14.3. The van der Waals surface area contributed by atoms with Crippen LogP contribution in [0.15, 0.2) is 22.7 Å². The second kappa shape index (κ2) is 6.16. The van der Waals surface area contributed by atoms with Crippen molar-refractivity contribution in [2.45, 2.75) is 26.3 Å². The van der Waals surface area contributed by atoms with Crippen LogP contribution in [0.3, 0.4) is 0 Å². The molecule has 0 aliphatic rings. The normalized spacial score (nSPS) is 11.2. The van der Waals surface area contributed by atoms with Gasteiger partial charge in [0.2, 0.25) is 5.91 Å². The Hall–Kier alpha value is -1.40. The minimum absolute atomic E-state index is 0.0698. The summed E-state index contributed by atoms with van der Waals surface area (Å²) in [6.45, 7) is 4.89. The largest absolute Gasteiger partial charge is 0.480 e. The first-order valence-corrected chi connectivity index (χ1v) is 6.56. The van der Waals surface area contributed by atoms with Crippen molar-refractivity contribution in [2.24, 2.45) is 0 Å². The molecule has 0 aromatic heterocycles. The molecule has 0 saturated heterocycles. The molecule has 1 rings (SSSR count). The second-order valence-electron chi connectivity index (χ2n) is 4.82. The van der Waals surface area contributed by atoms with E-state index in [2.05, 4.69) is 26.6 Å². The predicted molar refractivity (Wildman–Crippen MR) is 77.2 cm³/mol. The molecule has 104 valence electrons. The lowest BCUT2D eigenvalue weighted by atomic mass is 10.1. The summed E-state index contributed by atoms with van der Waals surface area (Å²) < 4.78 is 0.790. The van der Waals surface area contributed by atoms with E-state index in [1.807, 2.05) is 19.1 Å². The summed E-state index contributed by atoms with van der Waals surface area (Å²) in [5.74, 6) is -1.30. The molecule has 3 N–H and O–H groups in total. The Morgan fingerprint density at radius 3 is 2.53 bits per heavy atom. The van der Waals surface area contributed by atoms with Crippen molar-refractivity contribution in [3.05, 3.63) is 28.2 Å². The molecule has 0 fully saturated rings. The summed E-state index contributed by atoms with van der Waals surface area (Å²) in [5.41, 5.74) is 0.600. The van der Waals surface area contributed by atoms with E-state index in [1.165, 1.54) is 13.8 Å². The van der Waals surface area contributed by atoms with Gasteiger partial charge in [0.05, 0.1) is 12.2 Å². The van der Waals surface area contributed by atoms with Gasteiger partial charge in [0.15, 0.2) is 0 Å². The Morgan fingerprint density at radius 1 is 1.37 bits per heavy atom. The monoisotopic (exact) mass is 328 g/mol. The van der Waals surface area contributed by atoms with Crippen molar-refractivity contribution in [1.82, 2.24) is 5.32 Å². The first-order chi connectivity index (χ1) is 8.72. The van der Waals surface area contributed by atoms with Gasteiger partial charge in [-0.3, -0.25) is 14.9 Å². The number of carbonyl (C=O) groups excluding carboxylic acids is 1. The first-order valence-electron chi connectivity index (χ1n) is 5.77. The first kappa shape index (κ1) is 15.7. The van der Waals surface area contributed by atoms with Crippen molar-refractivity contribution in [1.29, 1.82) is 0 Å². The van der Waals surface area contributed by atoms with E-state index in [0.717, 1.165) is 10.0 Å². The van der Waals surface area contributed by atoms with Gasteiger partial charge >= 0.3 is 5.97 Å². The molecule has 0 bridgehead atoms. The number of hydrogen-bond acceptors (Lipinski definition) is 3. The third-order valence-corrected chi connectivity index (χ3v) is 3.28. The Kier molecular flexibility index (Phi) is 5.08. The minimum atomic E-state index is -1.14. The molecular formula is C13H17BrN2O3. The van der Waals surface area contributed by atoms with Gasteiger partial charge in [0.25, 0.3) is 0 Å². The molecule has 0 aliphatic heterocycles. The van der Waals surface area contributed by atoms with Crippen LogP contribution in [0.2, 0.25) is 0 Å². The maximum atomic E-state index is 11.7. The quantitative estimate of drug-likeness (QED) is 0.773. The van der Waals surface area contributed by atoms with Crippen molar-refractivity contribution < 1.29 is 14.7 Å². The number of carbonyl (C=O) groups is 2. The number of rotatable bonds is 5. The lowest BCUT2D eigenvalue weighted by Crippen LogP contribution is -2.49. The van der Waals surface area contributed by atoms with Crippen LogP contribution in [0.1, 0.15) is 19.4 Å². The van der Waals surface area contributed by atoms with Gasteiger partial charge in [-0.25, -0.2) is 0 Å². The van der Waals surface area contributed by atoms with Gasteiger partial charge in [-0.05, 0) is 54.4 Å². The van der Waals surface area contributed by atoms with Gasteiger partial charge in [-0.1, -0.05) is 6.07 Å². The van der Waals surface area contributed by atoms with Crippen LogP contribution in [-0.4, -0.2) is 29.1 Å². The Bertz CT molecular complexity index is 501. The number of nitrogens with one attached hydrogen (secondary N) is 2. The molecule has 19 heavy (non-hydrogen) atoms. The Labute approximate surface area is 120 Å². The number of benzene rings is 1. The van der Waals surface area contributed by atoms with Crippen LogP contribution in [0.5, 0.6) is 0 Å². The average Bonchev–Trinajstić information content (AvgIpc) is 2.30. The highest BCUT2D eigenvalue weighted by Crippen LogP contribution is 2.23. The summed E-state index contributed by atoms with van der Waals surface area (Å²) in [7, 11) is 0. The summed E-state index contributed by atoms with van der Waals surface area (Å²) in [6.07, 6.45) is 0. The summed E-state index contributed by atoms with van der Waals surface area (Å²) >= 11 is 3.36. The molecule has 1 aromatic rings. The molecule has 0 heterocycles. The lowest BCUT2D eigenvalue weighted by Gasteiger charge is -2.20. The highest BCUT2D eigenvalue weighted by Gasteiger charge is 2.26. The van der Waals surface area contributed by atoms with E-state index in [-0.39, 0.29) is 12.5 Å². The summed E-state index contributed by atoms with van der Waals surface area (Å²) in [6, 6.07) is 5.57. The molecule has 0 radical (unpaired) electrons. The number of anilines is 1. The molecule has 0 atom stereocenters. The zero-order valence-electron chi connectivity index (χ0n) is 11.1. The number of aliphatic carboxylic acids is 1. The zero-order valence-corrected chi connectivity index (χ0v) is 12.7. The molecule has 1 aromatic carbocycles. The zero-order chi connectivity index (χ0) is 14.6. The maximum Gasteiger partial charge on any atom is 0.323 e. The van der Waals surface area contributed by atoms with E-state index in [0.29, 0.717) is 5.69 Å². The van der Waals surface area contributed by atoms with Crippen molar-refractivity contribution in [2.75, 3.05) is 11.9 Å². The van der Waals surface area contributed by atoms with Crippen molar-refractivity contribution >= 4 is 33.5 Å². The van der Waals surface area contributed by atoms with E-state index in [1.54, 1.807) is 6.07 Å². The van der Waals surface area contributed by atoms with Crippen LogP contribution in [0.25, 0.3) is 0 Å². The van der Waals surface area contributed by atoms with E-state index >= 15 is 0 Å². The van der Waals surface area contributed by atoms with Crippen molar-refractivity contribution in [3.63, 3.8) is 0 Å². The van der Waals surface area contributed by atoms with Crippen molar-refractivity contribution in [3.8, 4) is 0 Å². The number of halogens is 1. The smallest absolute Gasteiger partial charge is 0.323 e. The fraction of sp³-hybridized carbons (Fsp3) is 0.385.